The maximum atomic E-state index is 12.4. The Labute approximate surface area is 119 Å². The van der Waals surface area contributed by atoms with E-state index in [1.807, 2.05) is 20.8 Å². The molecule has 1 heterocycles. The van der Waals surface area contributed by atoms with Crippen LogP contribution < -0.4 is 4.72 Å². The monoisotopic (exact) mass is 290 g/mol. The fourth-order valence-corrected chi connectivity index (χ4v) is 3.34. The van der Waals surface area contributed by atoms with Gasteiger partial charge in [-0.05, 0) is 50.6 Å². The van der Waals surface area contributed by atoms with Gasteiger partial charge >= 0.3 is 0 Å². The summed E-state index contributed by atoms with van der Waals surface area (Å²) in [5.74, 6) is 0. The number of aromatic nitrogens is 1. The Bertz CT molecular complexity index is 678. The van der Waals surface area contributed by atoms with Gasteiger partial charge in [-0.3, -0.25) is 4.98 Å². The number of aryl methyl sites for hydroxylation is 1. The number of hydrogen-bond acceptors (Lipinski definition) is 3. The molecule has 0 saturated carbocycles. The smallest absolute Gasteiger partial charge is 0.241 e. The van der Waals surface area contributed by atoms with Crippen molar-refractivity contribution in [2.75, 3.05) is 0 Å². The molecule has 106 valence electrons. The molecule has 2 rings (SSSR count). The van der Waals surface area contributed by atoms with E-state index in [1.165, 1.54) is 0 Å². The lowest BCUT2D eigenvalue weighted by molar-refractivity contribution is 0.471. The molecule has 0 bridgehead atoms. The molecule has 0 atom stereocenters. The summed E-state index contributed by atoms with van der Waals surface area (Å²) in [5.41, 5.74) is 1.19. The second-order valence-corrected chi connectivity index (χ2v) is 6.96. The molecule has 2 aromatic rings. The highest BCUT2D eigenvalue weighted by atomic mass is 32.2. The van der Waals surface area contributed by atoms with E-state index in [0.29, 0.717) is 0 Å². The third-order valence-corrected chi connectivity index (χ3v) is 4.79. The lowest BCUT2D eigenvalue weighted by atomic mass is 9.97. The van der Waals surface area contributed by atoms with Gasteiger partial charge in [0.1, 0.15) is 0 Å². The van der Waals surface area contributed by atoms with Gasteiger partial charge in [0.2, 0.25) is 10.0 Å². The highest BCUT2D eigenvalue weighted by Gasteiger charge is 2.27. The lowest BCUT2D eigenvalue weighted by Gasteiger charge is -2.26. The summed E-state index contributed by atoms with van der Waals surface area (Å²) in [6.07, 6.45) is 3.30. The summed E-state index contributed by atoms with van der Waals surface area (Å²) in [5, 5.41) is 0. The molecule has 0 aliphatic heterocycles. The second-order valence-electron chi connectivity index (χ2n) is 5.28. The van der Waals surface area contributed by atoms with Gasteiger partial charge in [-0.25, -0.2) is 13.1 Å². The second kappa shape index (κ2) is 5.34. The van der Waals surface area contributed by atoms with Crippen LogP contribution in [0.25, 0.3) is 0 Å². The zero-order valence-corrected chi connectivity index (χ0v) is 12.6. The Morgan fingerprint density at radius 1 is 1.00 bits per heavy atom. The first kappa shape index (κ1) is 14.7. The quantitative estimate of drug-likeness (QED) is 0.941. The van der Waals surface area contributed by atoms with Crippen LogP contribution in [0, 0.1) is 6.92 Å². The molecule has 0 unspecified atom stereocenters. The van der Waals surface area contributed by atoms with E-state index in [2.05, 4.69) is 9.71 Å². The lowest BCUT2D eigenvalue weighted by Crippen LogP contribution is -2.40. The normalized spacial score (nSPS) is 12.3. The van der Waals surface area contributed by atoms with Crippen LogP contribution in [-0.4, -0.2) is 13.4 Å². The number of nitrogens with one attached hydrogen (secondary N) is 1. The standard InChI is InChI=1S/C15H18N2O2S/c1-12-4-6-14(7-5-12)20(18,19)17-15(2,3)13-8-10-16-11-9-13/h4-11,17H,1-3H3. The van der Waals surface area contributed by atoms with Crippen molar-refractivity contribution in [2.45, 2.75) is 31.2 Å². The highest BCUT2D eigenvalue weighted by Crippen LogP contribution is 2.22. The average Bonchev–Trinajstić information content (AvgIpc) is 2.39. The third-order valence-electron chi connectivity index (χ3n) is 3.12. The van der Waals surface area contributed by atoms with Crippen LogP contribution in [0.15, 0.2) is 53.7 Å². The molecular weight excluding hydrogens is 272 g/mol. The van der Waals surface area contributed by atoms with Gasteiger partial charge in [0.05, 0.1) is 10.4 Å². The van der Waals surface area contributed by atoms with Crippen LogP contribution in [0.4, 0.5) is 0 Å². The summed E-state index contributed by atoms with van der Waals surface area (Å²) >= 11 is 0. The first-order valence-electron chi connectivity index (χ1n) is 6.32. The molecule has 1 aromatic heterocycles. The van der Waals surface area contributed by atoms with Crippen LogP contribution in [0.1, 0.15) is 25.0 Å². The fraction of sp³-hybridized carbons (Fsp3) is 0.267. The maximum Gasteiger partial charge on any atom is 0.241 e. The molecule has 0 aliphatic rings. The van der Waals surface area contributed by atoms with Crippen LogP contribution in [0.3, 0.4) is 0 Å². The summed E-state index contributed by atoms with van der Waals surface area (Å²) in [7, 11) is -3.55. The van der Waals surface area contributed by atoms with E-state index in [-0.39, 0.29) is 4.90 Å². The van der Waals surface area contributed by atoms with Gasteiger partial charge in [0.15, 0.2) is 0 Å². The molecular formula is C15H18N2O2S. The van der Waals surface area contributed by atoms with Gasteiger partial charge in [-0.15, -0.1) is 0 Å². The predicted octanol–water partition coefficient (Wildman–Crippen LogP) is 2.60. The van der Waals surface area contributed by atoms with E-state index in [9.17, 15) is 8.42 Å². The van der Waals surface area contributed by atoms with E-state index in [4.69, 9.17) is 0 Å². The molecule has 1 aromatic carbocycles. The molecule has 4 nitrogen and oxygen atoms in total. The maximum absolute atomic E-state index is 12.4. The van der Waals surface area contributed by atoms with Gasteiger partial charge < -0.3 is 0 Å². The zero-order chi connectivity index (χ0) is 14.8. The number of sulfonamides is 1. The molecule has 1 N–H and O–H groups in total. The van der Waals surface area contributed by atoms with E-state index >= 15 is 0 Å². The topological polar surface area (TPSA) is 59.1 Å². The molecule has 0 fully saturated rings. The average molecular weight is 290 g/mol. The van der Waals surface area contributed by atoms with Gasteiger partial charge in [0.25, 0.3) is 0 Å². The Kier molecular flexibility index (Phi) is 3.92. The molecule has 0 amide bonds. The molecule has 20 heavy (non-hydrogen) atoms. The summed E-state index contributed by atoms with van der Waals surface area (Å²) < 4.78 is 27.5. The van der Waals surface area contributed by atoms with E-state index < -0.39 is 15.6 Å². The highest BCUT2D eigenvalue weighted by molar-refractivity contribution is 7.89. The van der Waals surface area contributed by atoms with Crippen LogP contribution in [-0.2, 0) is 15.6 Å². The summed E-state index contributed by atoms with van der Waals surface area (Å²) in [6, 6.07) is 10.4. The summed E-state index contributed by atoms with van der Waals surface area (Å²) in [4.78, 5) is 4.21. The number of benzene rings is 1. The fourth-order valence-electron chi connectivity index (χ4n) is 1.94. The number of nitrogens with zero attached hydrogens (tertiary/aromatic N) is 1. The first-order valence-corrected chi connectivity index (χ1v) is 7.81. The minimum atomic E-state index is -3.55. The third kappa shape index (κ3) is 3.23. The minimum Gasteiger partial charge on any atom is -0.265 e. The van der Waals surface area contributed by atoms with Crippen molar-refractivity contribution in [1.29, 1.82) is 0 Å². The number of pyridine rings is 1. The largest absolute Gasteiger partial charge is 0.265 e. The Morgan fingerprint density at radius 2 is 1.55 bits per heavy atom. The summed E-state index contributed by atoms with van der Waals surface area (Å²) in [6.45, 7) is 5.58. The SMILES string of the molecule is Cc1ccc(S(=O)(=O)NC(C)(C)c2ccncc2)cc1. The van der Waals surface area contributed by atoms with Crippen molar-refractivity contribution in [3.05, 3.63) is 59.9 Å². The van der Waals surface area contributed by atoms with Crippen LogP contribution in [0.2, 0.25) is 0 Å². The van der Waals surface area contributed by atoms with Crippen LogP contribution >= 0.6 is 0 Å². The molecule has 0 saturated heterocycles. The van der Waals surface area contributed by atoms with E-state index in [1.54, 1.807) is 48.8 Å². The van der Waals surface area contributed by atoms with Crippen molar-refractivity contribution in [3.8, 4) is 0 Å². The zero-order valence-electron chi connectivity index (χ0n) is 11.8. The van der Waals surface area contributed by atoms with Crippen molar-refractivity contribution < 1.29 is 8.42 Å². The van der Waals surface area contributed by atoms with Gasteiger partial charge in [-0.2, -0.15) is 0 Å². The molecule has 0 aliphatic carbocycles. The number of rotatable bonds is 4. The van der Waals surface area contributed by atoms with Crippen molar-refractivity contribution in [1.82, 2.24) is 9.71 Å². The van der Waals surface area contributed by atoms with E-state index in [0.717, 1.165) is 11.1 Å². The van der Waals surface area contributed by atoms with Gasteiger partial charge in [-0.1, -0.05) is 17.7 Å². The Balaban J connectivity index is 2.30. The van der Waals surface area contributed by atoms with Crippen molar-refractivity contribution in [3.63, 3.8) is 0 Å². The molecule has 5 heteroatoms. The predicted molar refractivity (Wildman–Crippen MR) is 78.8 cm³/mol. The van der Waals surface area contributed by atoms with Crippen molar-refractivity contribution in [2.24, 2.45) is 0 Å². The minimum absolute atomic E-state index is 0.269. The Hall–Kier alpha value is -1.72. The molecule has 0 radical (unpaired) electrons. The number of hydrogen-bond donors (Lipinski definition) is 1. The van der Waals surface area contributed by atoms with Crippen LogP contribution in [0.5, 0.6) is 0 Å². The first-order chi connectivity index (χ1) is 9.31. The van der Waals surface area contributed by atoms with Gasteiger partial charge in [0, 0.05) is 12.4 Å². The van der Waals surface area contributed by atoms with Crippen molar-refractivity contribution >= 4 is 10.0 Å². The molecule has 0 spiro atoms. The Morgan fingerprint density at radius 3 is 2.10 bits per heavy atom.